The first-order valence-corrected chi connectivity index (χ1v) is 10.6. The maximum atomic E-state index is 12.3. The topological polar surface area (TPSA) is 116 Å². The summed E-state index contributed by atoms with van der Waals surface area (Å²) in [5, 5.41) is 14.8. The van der Waals surface area contributed by atoms with Crippen LogP contribution in [0.5, 0.6) is 0 Å². The van der Waals surface area contributed by atoms with Gasteiger partial charge >= 0.3 is 0 Å². The lowest BCUT2D eigenvalue weighted by atomic mass is 10.1. The lowest BCUT2D eigenvalue weighted by Crippen LogP contribution is -2.54. The van der Waals surface area contributed by atoms with Crippen LogP contribution in [-0.2, 0) is 11.3 Å². The van der Waals surface area contributed by atoms with Gasteiger partial charge in [0.2, 0.25) is 0 Å². The van der Waals surface area contributed by atoms with Gasteiger partial charge in [-0.15, -0.1) is 0 Å². The molecule has 7 nitrogen and oxygen atoms in total. The molecule has 2 atom stereocenters. The SMILES string of the molecule is C[C@@H](N)[C@H](NC(=O)c1ccc(C=CC#Cc2ccc(CNC3CC3)cc2)cc1)C(=O)NO. The minimum absolute atomic E-state index is 0.376. The van der Waals surface area contributed by atoms with E-state index in [9.17, 15) is 9.59 Å². The molecule has 166 valence electrons. The summed E-state index contributed by atoms with van der Waals surface area (Å²) >= 11 is 0. The number of amides is 2. The Bertz CT molecular complexity index is 1010. The predicted molar refractivity (Wildman–Crippen MR) is 123 cm³/mol. The lowest BCUT2D eigenvalue weighted by molar-refractivity contribution is -0.131. The number of nitrogens with one attached hydrogen (secondary N) is 3. The summed E-state index contributed by atoms with van der Waals surface area (Å²) < 4.78 is 0. The molecule has 1 aliphatic rings. The first-order valence-electron chi connectivity index (χ1n) is 10.6. The largest absolute Gasteiger partial charge is 0.339 e. The van der Waals surface area contributed by atoms with E-state index in [1.807, 2.05) is 18.2 Å². The van der Waals surface area contributed by atoms with Gasteiger partial charge in [-0.2, -0.15) is 0 Å². The van der Waals surface area contributed by atoms with Crippen LogP contribution in [0.15, 0.2) is 54.6 Å². The van der Waals surface area contributed by atoms with E-state index in [0.29, 0.717) is 11.6 Å². The van der Waals surface area contributed by atoms with Gasteiger partial charge in [-0.05, 0) is 67.3 Å². The summed E-state index contributed by atoms with van der Waals surface area (Å²) in [5.41, 5.74) is 10.7. The van der Waals surface area contributed by atoms with Gasteiger partial charge in [-0.1, -0.05) is 36.1 Å². The molecule has 0 saturated heterocycles. The van der Waals surface area contributed by atoms with Crippen LogP contribution in [0.1, 0.15) is 46.8 Å². The molecule has 1 fully saturated rings. The third kappa shape index (κ3) is 7.06. The highest BCUT2D eigenvalue weighted by molar-refractivity contribution is 5.97. The molecule has 2 amide bonds. The molecule has 2 aromatic carbocycles. The molecule has 7 heteroatoms. The molecule has 6 N–H and O–H groups in total. The average Bonchev–Trinajstić information content (AvgIpc) is 3.64. The van der Waals surface area contributed by atoms with Crippen molar-refractivity contribution in [2.24, 2.45) is 5.73 Å². The van der Waals surface area contributed by atoms with Gasteiger partial charge in [0.25, 0.3) is 11.8 Å². The number of carbonyl (C=O) groups excluding carboxylic acids is 2. The number of carbonyl (C=O) groups is 2. The van der Waals surface area contributed by atoms with Crippen LogP contribution < -0.4 is 21.8 Å². The van der Waals surface area contributed by atoms with Crippen molar-refractivity contribution < 1.29 is 14.8 Å². The van der Waals surface area contributed by atoms with E-state index in [-0.39, 0.29) is 0 Å². The second-order valence-electron chi connectivity index (χ2n) is 7.86. The van der Waals surface area contributed by atoms with Crippen molar-refractivity contribution >= 4 is 17.9 Å². The van der Waals surface area contributed by atoms with Gasteiger partial charge in [0.1, 0.15) is 6.04 Å². The van der Waals surface area contributed by atoms with Crippen LogP contribution in [0.4, 0.5) is 0 Å². The highest BCUT2D eigenvalue weighted by Gasteiger charge is 2.24. The highest BCUT2D eigenvalue weighted by Crippen LogP contribution is 2.19. The van der Waals surface area contributed by atoms with Crippen molar-refractivity contribution in [3.63, 3.8) is 0 Å². The quantitative estimate of drug-likeness (QED) is 0.248. The van der Waals surface area contributed by atoms with Crippen molar-refractivity contribution in [3.05, 3.63) is 76.9 Å². The second kappa shape index (κ2) is 11.3. The minimum atomic E-state index is -1.04. The van der Waals surface area contributed by atoms with E-state index in [1.165, 1.54) is 23.9 Å². The smallest absolute Gasteiger partial charge is 0.267 e. The normalized spacial score (nSPS) is 14.8. The fraction of sp³-hybridized carbons (Fsp3) is 0.280. The fourth-order valence-corrected chi connectivity index (χ4v) is 2.99. The first kappa shape index (κ1) is 23.2. The maximum Gasteiger partial charge on any atom is 0.267 e. The van der Waals surface area contributed by atoms with E-state index in [2.05, 4.69) is 34.6 Å². The third-order valence-corrected chi connectivity index (χ3v) is 5.08. The zero-order valence-corrected chi connectivity index (χ0v) is 18.0. The number of hydroxylamine groups is 1. The highest BCUT2D eigenvalue weighted by atomic mass is 16.5. The van der Waals surface area contributed by atoms with E-state index in [1.54, 1.807) is 37.3 Å². The summed E-state index contributed by atoms with van der Waals surface area (Å²) in [4.78, 5) is 24.0. The van der Waals surface area contributed by atoms with Crippen molar-refractivity contribution in [1.29, 1.82) is 0 Å². The Morgan fingerprint density at radius 3 is 2.44 bits per heavy atom. The Kier molecular flexibility index (Phi) is 8.17. The number of hydrogen-bond donors (Lipinski definition) is 5. The van der Waals surface area contributed by atoms with Crippen LogP contribution in [0.3, 0.4) is 0 Å². The molecule has 32 heavy (non-hydrogen) atoms. The average molecular weight is 433 g/mol. The van der Waals surface area contributed by atoms with Crippen LogP contribution in [-0.4, -0.2) is 35.1 Å². The molecule has 0 bridgehead atoms. The molecule has 0 heterocycles. The lowest BCUT2D eigenvalue weighted by Gasteiger charge is -2.20. The fourth-order valence-electron chi connectivity index (χ4n) is 2.99. The summed E-state index contributed by atoms with van der Waals surface area (Å²) in [6.45, 7) is 2.46. The number of hydrogen-bond acceptors (Lipinski definition) is 5. The van der Waals surface area contributed by atoms with E-state index in [0.717, 1.165) is 17.7 Å². The molecular formula is C25H28N4O3. The molecule has 3 rings (SSSR count). The molecule has 0 unspecified atom stereocenters. The number of benzene rings is 2. The monoisotopic (exact) mass is 432 g/mol. The van der Waals surface area contributed by atoms with Crippen LogP contribution in [0, 0.1) is 11.8 Å². The number of rotatable bonds is 8. The van der Waals surface area contributed by atoms with Gasteiger partial charge in [0.15, 0.2) is 0 Å². The Balaban J connectivity index is 1.53. The number of allylic oxidation sites excluding steroid dienone is 1. The predicted octanol–water partition coefficient (Wildman–Crippen LogP) is 1.95. The van der Waals surface area contributed by atoms with Crippen molar-refractivity contribution in [3.8, 4) is 11.8 Å². The van der Waals surface area contributed by atoms with Gasteiger partial charge in [-0.25, -0.2) is 5.48 Å². The van der Waals surface area contributed by atoms with Crippen LogP contribution >= 0.6 is 0 Å². The summed E-state index contributed by atoms with van der Waals surface area (Å²) in [6.07, 6.45) is 6.17. The molecule has 1 aliphatic carbocycles. The van der Waals surface area contributed by atoms with Gasteiger partial charge < -0.3 is 16.4 Å². The Morgan fingerprint density at radius 2 is 1.84 bits per heavy atom. The van der Waals surface area contributed by atoms with E-state index < -0.39 is 23.9 Å². The van der Waals surface area contributed by atoms with Gasteiger partial charge in [0, 0.05) is 29.8 Å². The molecule has 0 spiro atoms. The molecule has 0 aliphatic heterocycles. The van der Waals surface area contributed by atoms with Gasteiger partial charge in [-0.3, -0.25) is 14.8 Å². The second-order valence-corrected chi connectivity index (χ2v) is 7.86. The van der Waals surface area contributed by atoms with Gasteiger partial charge in [0.05, 0.1) is 0 Å². The first-order chi connectivity index (χ1) is 15.5. The standard InChI is InChI=1S/C25H28N4O3/c1-17(26)23(25(31)29-32)28-24(30)21-12-10-19(11-13-21)5-3-2-4-18-6-8-20(9-7-18)16-27-22-14-15-22/h3,5-13,17,22-23,27,32H,14-16,26H2,1H3,(H,28,30)(H,29,31)/t17-,23+/m1/s1. The summed E-state index contributed by atoms with van der Waals surface area (Å²) in [7, 11) is 0. The molecule has 0 radical (unpaired) electrons. The van der Waals surface area contributed by atoms with E-state index >= 15 is 0 Å². The summed E-state index contributed by atoms with van der Waals surface area (Å²) in [6, 6.07) is 14.1. The van der Waals surface area contributed by atoms with Crippen LogP contribution in [0.2, 0.25) is 0 Å². The number of nitrogens with two attached hydrogens (primary N) is 1. The Morgan fingerprint density at radius 1 is 1.16 bits per heavy atom. The third-order valence-electron chi connectivity index (χ3n) is 5.08. The zero-order valence-electron chi connectivity index (χ0n) is 18.0. The van der Waals surface area contributed by atoms with Crippen molar-refractivity contribution in [2.45, 2.75) is 44.4 Å². The molecule has 0 aromatic heterocycles. The van der Waals surface area contributed by atoms with Crippen molar-refractivity contribution in [1.82, 2.24) is 16.1 Å². The molecular weight excluding hydrogens is 404 g/mol. The van der Waals surface area contributed by atoms with E-state index in [4.69, 9.17) is 10.9 Å². The zero-order chi connectivity index (χ0) is 22.9. The Hall–Kier alpha value is -3.44. The molecule has 1 saturated carbocycles. The maximum absolute atomic E-state index is 12.3. The minimum Gasteiger partial charge on any atom is -0.339 e. The summed E-state index contributed by atoms with van der Waals surface area (Å²) in [5.74, 6) is 4.90. The molecule has 2 aromatic rings. The van der Waals surface area contributed by atoms with Crippen molar-refractivity contribution in [2.75, 3.05) is 0 Å². The van der Waals surface area contributed by atoms with Crippen LogP contribution in [0.25, 0.3) is 6.08 Å². The Labute approximate surface area is 188 Å².